The average molecular weight is 580 g/mol. The molecule has 1 aliphatic rings. The highest BCUT2D eigenvalue weighted by Crippen LogP contribution is 2.31. The number of nitrogens with one attached hydrogen (secondary N) is 1. The number of carbonyl (C=O) groups is 2. The molecule has 2 aromatic carbocycles. The fraction of sp³-hybridized carbons (Fsp3) is 0.250. The second-order valence-electron chi connectivity index (χ2n) is 6.33. The zero-order valence-corrected chi connectivity index (χ0v) is 19.9. The second-order valence-corrected chi connectivity index (χ2v) is 9.21. The van der Waals surface area contributed by atoms with Gasteiger partial charge in [0.05, 0.1) is 5.69 Å². The van der Waals surface area contributed by atoms with Crippen molar-refractivity contribution in [2.24, 2.45) is 4.99 Å². The molecule has 164 valence electrons. The van der Waals surface area contributed by atoms with Crippen LogP contribution < -0.4 is 15.0 Å². The largest absolute Gasteiger partial charge is 0.487 e. The average Bonchev–Trinajstić information content (AvgIpc) is 2.96. The number of aliphatic imine (C=N–C) groups is 1. The molecule has 0 spiro atoms. The number of carbonyl (C=O) groups excluding carboxylic acids is 2. The van der Waals surface area contributed by atoms with Crippen molar-refractivity contribution in [3.05, 3.63) is 52.1 Å². The van der Waals surface area contributed by atoms with Gasteiger partial charge >= 0.3 is 5.57 Å². The number of nitrogens with zero attached hydrogens (tertiary/aromatic N) is 2. The molecule has 3 rings (SSSR count). The van der Waals surface area contributed by atoms with Crippen LogP contribution in [-0.4, -0.2) is 34.3 Å². The molecule has 11 heteroatoms. The molecule has 0 saturated carbocycles. The molecule has 0 aliphatic carbocycles. The van der Waals surface area contributed by atoms with Crippen LogP contribution in [0.5, 0.6) is 5.75 Å². The summed E-state index contributed by atoms with van der Waals surface area (Å²) < 4.78 is 30.7. The molecule has 6 nitrogen and oxygen atoms in total. The van der Waals surface area contributed by atoms with Gasteiger partial charge in [-0.3, -0.25) is 14.6 Å². The molecule has 0 bridgehead atoms. The molecular formula is C20H17ClF2IN3O3S. The van der Waals surface area contributed by atoms with Crippen LogP contribution in [0, 0.1) is 3.57 Å². The normalized spacial score (nSPS) is 17.3. The topological polar surface area (TPSA) is 71.0 Å². The van der Waals surface area contributed by atoms with Crippen LogP contribution >= 0.6 is 46.0 Å². The predicted molar refractivity (Wildman–Crippen MR) is 127 cm³/mol. The number of imide groups is 1. The molecule has 0 aromatic heterocycles. The molecule has 31 heavy (non-hydrogen) atoms. The number of benzene rings is 2. The van der Waals surface area contributed by atoms with Gasteiger partial charge in [0.15, 0.2) is 5.17 Å². The molecule has 1 atom stereocenters. The Balaban J connectivity index is 1.69. The Bertz CT molecular complexity index is 985. The van der Waals surface area contributed by atoms with Crippen molar-refractivity contribution >= 4 is 74.3 Å². The fourth-order valence-corrected chi connectivity index (χ4v) is 4.34. The van der Waals surface area contributed by atoms with E-state index in [1.54, 1.807) is 12.1 Å². The number of ether oxygens (including phenoxy) is 1. The van der Waals surface area contributed by atoms with Crippen LogP contribution in [0.1, 0.15) is 13.3 Å². The Morgan fingerprint density at radius 1 is 1.26 bits per heavy atom. The van der Waals surface area contributed by atoms with Crippen molar-refractivity contribution in [3.63, 3.8) is 0 Å². The summed E-state index contributed by atoms with van der Waals surface area (Å²) in [5.41, 5.74) is -2.71. The van der Waals surface area contributed by atoms with Gasteiger partial charge < -0.3 is 10.1 Å². The molecule has 0 radical (unpaired) electrons. The van der Waals surface area contributed by atoms with E-state index in [2.05, 4.69) is 37.6 Å². The molecular weight excluding hydrogens is 563 g/mol. The number of hydrogen-bond acceptors (Lipinski definition) is 5. The third kappa shape index (κ3) is 6.53. The second kappa shape index (κ2) is 10.1. The predicted octanol–water partition coefficient (Wildman–Crippen LogP) is 5.31. The lowest BCUT2D eigenvalue weighted by Crippen LogP contribution is -2.31. The van der Waals surface area contributed by atoms with Crippen molar-refractivity contribution in [1.82, 2.24) is 0 Å². The van der Waals surface area contributed by atoms with Crippen molar-refractivity contribution in [1.29, 1.82) is 0 Å². The van der Waals surface area contributed by atoms with Gasteiger partial charge in [0.25, 0.3) is 0 Å². The van der Waals surface area contributed by atoms with E-state index in [1.165, 1.54) is 29.2 Å². The van der Waals surface area contributed by atoms with Gasteiger partial charge in [-0.1, -0.05) is 11.8 Å². The Hall–Kier alpha value is -1.92. The lowest BCUT2D eigenvalue weighted by Gasteiger charge is -2.16. The zero-order chi connectivity index (χ0) is 22.6. The van der Waals surface area contributed by atoms with Gasteiger partial charge in [-0.2, -0.15) is 0 Å². The quantitative estimate of drug-likeness (QED) is 0.165. The number of rotatable bonds is 6. The highest BCUT2D eigenvalue weighted by atomic mass is 127. The maximum absolute atomic E-state index is 12.9. The maximum atomic E-state index is 12.9. The fourth-order valence-electron chi connectivity index (χ4n) is 2.81. The number of amidine groups is 1. The summed E-state index contributed by atoms with van der Waals surface area (Å²) in [6.45, 7) is 2.28. The van der Waals surface area contributed by atoms with Crippen molar-refractivity contribution in [2.75, 3.05) is 16.8 Å². The van der Waals surface area contributed by atoms with Gasteiger partial charge in [-0.05, 0) is 78.0 Å². The summed E-state index contributed by atoms with van der Waals surface area (Å²) in [6, 6.07) is 12.8. The molecule has 1 fully saturated rings. The first-order chi connectivity index (χ1) is 14.7. The zero-order valence-electron chi connectivity index (χ0n) is 16.1. The van der Waals surface area contributed by atoms with E-state index in [0.29, 0.717) is 23.1 Å². The summed E-state index contributed by atoms with van der Waals surface area (Å²) in [4.78, 5) is 30.9. The first kappa shape index (κ1) is 23.7. The smallest absolute Gasteiger partial charge is 0.420 e. The van der Waals surface area contributed by atoms with Crippen LogP contribution in [0.25, 0.3) is 0 Å². The maximum Gasteiger partial charge on any atom is 0.487 e. The summed E-state index contributed by atoms with van der Waals surface area (Å²) in [5.74, 6) is -0.685. The third-order valence-corrected chi connectivity index (χ3v) is 5.99. The lowest BCUT2D eigenvalue weighted by molar-refractivity contribution is -0.121. The van der Waals surface area contributed by atoms with E-state index in [1.807, 2.05) is 19.1 Å². The summed E-state index contributed by atoms with van der Waals surface area (Å²) in [7, 11) is 0. The first-order valence-corrected chi connectivity index (χ1v) is 11.5. The molecule has 1 saturated heterocycles. The van der Waals surface area contributed by atoms with Crippen LogP contribution in [0.4, 0.5) is 20.2 Å². The molecule has 2 aromatic rings. The van der Waals surface area contributed by atoms with E-state index in [9.17, 15) is 18.4 Å². The van der Waals surface area contributed by atoms with Crippen molar-refractivity contribution in [3.8, 4) is 5.75 Å². The minimum Gasteiger partial charge on any atom is -0.420 e. The van der Waals surface area contributed by atoms with Gasteiger partial charge in [-0.15, -0.1) is 8.78 Å². The van der Waals surface area contributed by atoms with Crippen LogP contribution in [0.3, 0.4) is 0 Å². The molecule has 1 aliphatic heterocycles. The van der Waals surface area contributed by atoms with Gasteiger partial charge in [0, 0.05) is 33.8 Å². The Morgan fingerprint density at radius 2 is 1.90 bits per heavy atom. The van der Waals surface area contributed by atoms with E-state index in [4.69, 9.17) is 11.6 Å². The SMILES string of the molecule is CCN=C(Nc1ccc(OC(F)(F)Cl)cc1)S[C@H]1CC(=O)N(c2ccc(I)cc2)C1=O. The van der Waals surface area contributed by atoms with E-state index >= 15 is 0 Å². The number of halogens is 4. The van der Waals surface area contributed by atoms with E-state index in [-0.39, 0.29) is 24.0 Å². The Kier molecular flexibility index (Phi) is 7.76. The summed E-state index contributed by atoms with van der Waals surface area (Å²) >= 11 is 8.06. The molecule has 1 N–H and O–H groups in total. The number of amides is 2. The van der Waals surface area contributed by atoms with Gasteiger partial charge in [-0.25, -0.2) is 4.90 Å². The standard InChI is InChI=1S/C20H17ClF2IN3O3S/c1-2-25-19(26-13-5-9-15(10-6-13)30-20(21,22)23)31-16-11-17(28)27(18(16)29)14-7-3-12(24)4-8-14/h3-10,16H,2,11H2,1H3,(H,25,26)/t16-/m0/s1. The monoisotopic (exact) mass is 579 g/mol. The minimum absolute atomic E-state index is 0.0531. The van der Waals surface area contributed by atoms with Crippen molar-refractivity contribution in [2.45, 2.75) is 24.2 Å². The van der Waals surface area contributed by atoms with Crippen LogP contribution in [0.15, 0.2) is 53.5 Å². The molecule has 1 heterocycles. The highest BCUT2D eigenvalue weighted by Gasteiger charge is 2.40. The number of alkyl halides is 3. The third-order valence-electron chi connectivity index (χ3n) is 4.08. The van der Waals surface area contributed by atoms with E-state index < -0.39 is 10.8 Å². The number of thioether (sulfide) groups is 1. The van der Waals surface area contributed by atoms with Crippen LogP contribution in [0.2, 0.25) is 0 Å². The first-order valence-electron chi connectivity index (χ1n) is 9.12. The van der Waals surface area contributed by atoms with Gasteiger partial charge in [0.1, 0.15) is 11.0 Å². The summed E-state index contributed by atoms with van der Waals surface area (Å²) in [6.07, 6.45) is 0.0531. The molecule has 0 unspecified atom stereocenters. The van der Waals surface area contributed by atoms with E-state index in [0.717, 1.165) is 15.3 Å². The lowest BCUT2D eigenvalue weighted by atomic mass is 10.3. The minimum atomic E-state index is -3.79. The number of anilines is 2. The Morgan fingerprint density at radius 3 is 2.48 bits per heavy atom. The molecule has 2 amide bonds. The Labute approximate surface area is 200 Å². The highest BCUT2D eigenvalue weighted by molar-refractivity contribution is 14.1. The number of hydrogen-bond donors (Lipinski definition) is 1. The van der Waals surface area contributed by atoms with Crippen molar-refractivity contribution < 1.29 is 23.1 Å². The van der Waals surface area contributed by atoms with Gasteiger partial charge in [0.2, 0.25) is 11.8 Å². The summed E-state index contributed by atoms with van der Waals surface area (Å²) in [5, 5.41) is 2.86. The van der Waals surface area contributed by atoms with Crippen LogP contribution in [-0.2, 0) is 9.59 Å².